The lowest BCUT2D eigenvalue weighted by Crippen LogP contribution is -2.54. The number of hydrogen-bond donors (Lipinski definition) is 1. The fourth-order valence-corrected chi connectivity index (χ4v) is 5.82. The predicted molar refractivity (Wildman–Crippen MR) is 129 cm³/mol. The Morgan fingerprint density at radius 3 is 2.61 bits per heavy atom. The molecule has 184 valence electrons. The van der Waals surface area contributed by atoms with Crippen LogP contribution in [0, 0.1) is 11.8 Å². The Labute approximate surface area is 199 Å². The fraction of sp³-hybridized carbons (Fsp3) is 0.714. The lowest BCUT2D eigenvalue weighted by molar-refractivity contribution is -0.160. The van der Waals surface area contributed by atoms with E-state index < -0.39 is 23.1 Å². The first-order chi connectivity index (χ1) is 15.5. The van der Waals surface area contributed by atoms with Gasteiger partial charge in [-0.1, -0.05) is 58.6 Å². The number of hydrogen-bond acceptors (Lipinski definition) is 5. The van der Waals surface area contributed by atoms with E-state index in [2.05, 4.69) is 32.9 Å². The summed E-state index contributed by atoms with van der Waals surface area (Å²) in [5.74, 6) is -1.27. The largest absolute Gasteiger partial charge is 0.487 e. The molecule has 0 radical (unpaired) electrons. The molecule has 1 aliphatic carbocycles. The maximum Gasteiger partial charge on any atom is 0.316 e. The van der Waals surface area contributed by atoms with Gasteiger partial charge in [-0.3, -0.25) is 9.59 Å². The van der Waals surface area contributed by atoms with E-state index in [1.165, 1.54) is 31.2 Å². The number of carbonyl (C=O) groups is 2. The van der Waals surface area contributed by atoms with E-state index in [-0.39, 0.29) is 36.6 Å². The van der Waals surface area contributed by atoms with Crippen LogP contribution in [0.25, 0.3) is 0 Å². The molecule has 3 atom stereocenters. The molecule has 1 aliphatic heterocycles. The Bertz CT molecular complexity index is 871. The summed E-state index contributed by atoms with van der Waals surface area (Å²) in [7, 11) is 0. The zero-order valence-corrected chi connectivity index (χ0v) is 21.3. The van der Waals surface area contributed by atoms with Crippen molar-refractivity contribution in [2.75, 3.05) is 6.61 Å². The summed E-state index contributed by atoms with van der Waals surface area (Å²) in [5.41, 5.74) is -0.147. The van der Waals surface area contributed by atoms with Crippen LogP contribution in [0.1, 0.15) is 104 Å². The third-order valence-electron chi connectivity index (χ3n) is 7.83. The Morgan fingerprint density at radius 1 is 1.21 bits per heavy atom. The molecule has 0 amide bonds. The van der Waals surface area contributed by atoms with Gasteiger partial charge in [0, 0.05) is 24.3 Å². The molecule has 0 unspecified atom stereocenters. The molecular weight excluding hydrogens is 416 g/mol. The molecule has 3 rings (SSSR count). The molecule has 1 heterocycles. The maximum absolute atomic E-state index is 12.8. The highest BCUT2D eigenvalue weighted by Crippen LogP contribution is 2.54. The second kappa shape index (κ2) is 9.77. The molecule has 0 saturated heterocycles. The molecule has 5 heteroatoms. The van der Waals surface area contributed by atoms with Gasteiger partial charge < -0.3 is 14.6 Å². The van der Waals surface area contributed by atoms with Gasteiger partial charge in [0.25, 0.3) is 0 Å². The Hall–Kier alpha value is -1.88. The van der Waals surface area contributed by atoms with Crippen LogP contribution in [0.15, 0.2) is 18.2 Å². The van der Waals surface area contributed by atoms with Gasteiger partial charge >= 0.3 is 5.97 Å². The number of esters is 1. The van der Waals surface area contributed by atoms with Crippen LogP contribution in [0.3, 0.4) is 0 Å². The van der Waals surface area contributed by atoms with Gasteiger partial charge in [0.1, 0.15) is 28.7 Å². The standard InChI is InChI=1S/C28H42O5/c1-7-9-10-11-16-26(3,4)19-12-13-21-23(17-19)33-27(5,6)24-15-14-22(29)20(18-28(21,24)31)25(30)32-8-2/h12-13,17,20,24,31H,7-11,14-16,18H2,1-6H3/t20-,24+,28-/m1/s1. The summed E-state index contributed by atoms with van der Waals surface area (Å²) in [6.07, 6.45) is 6.72. The van der Waals surface area contributed by atoms with Gasteiger partial charge in [0.2, 0.25) is 0 Å². The lowest BCUT2D eigenvalue weighted by Gasteiger charge is -2.50. The van der Waals surface area contributed by atoms with Crippen LogP contribution in [-0.4, -0.2) is 29.1 Å². The van der Waals surface area contributed by atoms with E-state index in [1.807, 2.05) is 19.9 Å². The van der Waals surface area contributed by atoms with E-state index in [0.29, 0.717) is 17.7 Å². The first-order valence-corrected chi connectivity index (χ1v) is 12.7. The minimum Gasteiger partial charge on any atom is -0.487 e. The fourth-order valence-electron chi connectivity index (χ4n) is 5.82. The van der Waals surface area contributed by atoms with Gasteiger partial charge in [-0.2, -0.15) is 0 Å². The number of rotatable bonds is 8. The molecule has 1 N–H and O–H groups in total. The molecule has 1 aromatic rings. The molecule has 5 nitrogen and oxygen atoms in total. The molecule has 1 saturated carbocycles. The number of unbranched alkanes of at least 4 members (excludes halogenated alkanes) is 3. The van der Waals surface area contributed by atoms with Crippen molar-refractivity contribution in [3.63, 3.8) is 0 Å². The van der Waals surface area contributed by atoms with Crippen molar-refractivity contribution in [3.05, 3.63) is 29.3 Å². The van der Waals surface area contributed by atoms with E-state index in [0.717, 1.165) is 6.42 Å². The average molecular weight is 459 g/mol. The van der Waals surface area contributed by atoms with Gasteiger partial charge in [-0.15, -0.1) is 0 Å². The third-order valence-corrected chi connectivity index (χ3v) is 7.83. The number of ketones is 1. The first kappa shape index (κ1) is 25.7. The molecule has 2 aliphatic rings. The number of ether oxygens (including phenoxy) is 2. The highest BCUT2D eigenvalue weighted by Gasteiger charge is 2.57. The quantitative estimate of drug-likeness (QED) is 0.301. The van der Waals surface area contributed by atoms with Crippen molar-refractivity contribution >= 4 is 11.8 Å². The van der Waals surface area contributed by atoms with Crippen LogP contribution in [0.2, 0.25) is 0 Å². The molecule has 0 aromatic heterocycles. The number of benzene rings is 1. The zero-order chi connectivity index (χ0) is 24.4. The van der Waals surface area contributed by atoms with Crippen molar-refractivity contribution in [1.82, 2.24) is 0 Å². The van der Waals surface area contributed by atoms with Gasteiger partial charge in [-0.25, -0.2) is 0 Å². The number of aliphatic hydroxyl groups is 1. The average Bonchev–Trinajstić information content (AvgIpc) is 2.88. The second-order valence-corrected chi connectivity index (χ2v) is 11.1. The highest BCUT2D eigenvalue weighted by molar-refractivity contribution is 5.99. The Morgan fingerprint density at radius 2 is 1.94 bits per heavy atom. The van der Waals surface area contributed by atoms with Gasteiger partial charge in [0.05, 0.1) is 6.61 Å². The third kappa shape index (κ3) is 5.13. The van der Waals surface area contributed by atoms with Crippen LogP contribution < -0.4 is 4.74 Å². The van der Waals surface area contributed by atoms with Gasteiger partial charge in [0.15, 0.2) is 0 Å². The SMILES string of the molecule is CCCCCCC(C)(C)c1ccc2c(c1)OC(C)(C)[C@@H]1CCC(=O)[C@H](C(=O)OCC)C[C@@]21O. The first-order valence-electron chi connectivity index (χ1n) is 12.7. The molecular formula is C28H42O5. The summed E-state index contributed by atoms with van der Waals surface area (Å²) in [6, 6.07) is 6.11. The van der Waals surface area contributed by atoms with Crippen LogP contribution in [0.5, 0.6) is 5.75 Å². The second-order valence-electron chi connectivity index (χ2n) is 11.1. The van der Waals surface area contributed by atoms with E-state index in [9.17, 15) is 14.7 Å². The van der Waals surface area contributed by atoms with Crippen molar-refractivity contribution < 1.29 is 24.2 Å². The molecule has 0 bridgehead atoms. The number of carbonyl (C=O) groups excluding carboxylic acids is 2. The van der Waals surface area contributed by atoms with Crippen LogP contribution in [0.4, 0.5) is 0 Å². The Kier molecular flexibility index (Phi) is 7.62. The molecule has 0 spiro atoms. The number of fused-ring (bicyclic) bond motifs is 3. The molecule has 1 fully saturated rings. The van der Waals surface area contributed by atoms with Gasteiger partial charge in [-0.05, 0) is 50.7 Å². The summed E-state index contributed by atoms with van der Waals surface area (Å²) >= 11 is 0. The van der Waals surface area contributed by atoms with Crippen LogP contribution >= 0.6 is 0 Å². The minimum atomic E-state index is -1.33. The Balaban J connectivity index is 1.98. The lowest BCUT2D eigenvalue weighted by atomic mass is 9.66. The van der Waals surface area contributed by atoms with Crippen molar-refractivity contribution in [3.8, 4) is 5.75 Å². The van der Waals surface area contributed by atoms with Crippen molar-refractivity contribution in [1.29, 1.82) is 0 Å². The minimum absolute atomic E-state index is 0.0113. The van der Waals surface area contributed by atoms with E-state index in [4.69, 9.17) is 9.47 Å². The van der Waals surface area contributed by atoms with Crippen molar-refractivity contribution in [2.24, 2.45) is 11.8 Å². The van der Waals surface area contributed by atoms with E-state index >= 15 is 0 Å². The summed E-state index contributed by atoms with van der Waals surface area (Å²) in [4.78, 5) is 25.4. The summed E-state index contributed by atoms with van der Waals surface area (Å²) < 4.78 is 11.7. The normalized spacial score (nSPS) is 26.6. The monoisotopic (exact) mass is 458 g/mol. The van der Waals surface area contributed by atoms with Crippen LogP contribution in [-0.2, 0) is 25.3 Å². The number of Topliss-reactive ketones (excluding diaryl/α,β-unsaturated/α-hetero) is 1. The van der Waals surface area contributed by atoms with E-state index in [1.54, 1.807) is 6.92 Å². The maximum atomic E-state index is 12.8. The highest BCUT2D eigenvalue weighted by atomic mass is 16.5. The smallest absolute Gasteiger partial charge is 0.316 e. The van der Waals surface area contributed by atoms with Crippen molar-refractivity contribution in [2.45, 2.75) is 110 Å². The summed E-state index contributed by atoms with van der Waals surface area (Å²) in [6.45, 7) is 12.6. The summed E-state index contributed by atoms with van der Waals surface area (Å²) in [5, 5.41) is 12.1. The molecule has 33 heavy (non-hydrogen) atoms. The zero-order valence-electron chi connectivity index (χ0n) is 21.3. The topological polar surface area (TPSA) is 72.8 Å². The predicted octanol–water partition coefficient (Wildman–Crippen LogP) is 5.84. The molecule has 1 aromatic carbocycles.